The largest absolute Gasteiger partial charge is 0.339 e. The maximum absolute atomic E-state index is 13.3. The first-order valence-electron chi connectivity index (χ1n) is 7.95. The Morgan fingerprint density at radius 3 is 2.60 bits per heavy atom. The van der Waals surface area contributed by atoms with E-state index in [0.717, 1.165) is 32.8 Å². The fourth-order valence-electron chi connectivity index (χ4n) is 2.83. The van der Waals surface area contributed by atoms with Crippen molar-refractivity contribution < 1.29 is 4.39 Å². The SMILES string of the molecule is Cc1cccc(Nc2ncnc3scc(-c4ccc(F)cc4)c23)c1C. The molecule has 0 bridgehead atoms. The van der Waals surface area contributed by atoms with Crippen LogP contribution in [0.3, 0.4) is 0 Å². The second-order valence-electron chi connectivity index (χ2n) is 5.93. The summed E-state index contributed by atoms with van der Waals surface area (Å²) in [6.45, 7) is 4.18. The fraction of sp³-hybridized carbons (Fsp3) is 0.100. The van der Waals surface area contributed by atoms with Crippen LogP contribution in [0.2, 0.25) is 0 Å². The maximum Gasteiger partial charge on any atom is 0.143 e. The highest BCUT2D eigenvalue weighted by atomic mass is 32.1. The van der Waals surface area contributed by atoms with Crippen LogP contribution in [-0.4, -0.2) is 9.97 Å². The van der Waals surface area contributed by atoms with Crippen LogP contribution in [0.5, 0.6) is 0 Å². The normalized spacial score (nSPS) is 11.0. The third kappa shape index (κ3) is 2.87. The van der Waals surface area contributed by atoms with Crippen molar-refractivity contribution in [1.82, 2.24) is 9.97 Å². The van der Waals surface area contributed by atoms with E-state index in [1.807, 2.05) is 17.5 Å². The van der Waals surface area contributed by atoms with Crippen LogP contribution in [0.15, 0.2) is 54.2 Å². The number of anilines is 2. The molecule has 0 atom stereocenters. The van der Waals surface area contributed by atoms with Crippen LogP contribution in [0.4, 0.5) is 15.9 Å². The van der Waals surface area contributed by atoms with Gasteiger partial charge in [0.2, 0.25) is 0 Å². The van der Waals surface area contributed by atoms with Crippen LogP contribution in [0.1, 0.15) is 11.1 Å². The molecular formula is C20H16FN3S. The van der Waals surface area contributed by atoms with Crippen LogP contribution in [-0.2, 0) is 0 Å². The smallest absolute Gasteiger partial charge is 0.143 e. The third-order valence-corrected chi connectivity index (χ3v) is 5.27. The molecule has 2 aromatic heterocycles. The van der Waals surface area contributed by atoms with Crippen molar-refractivity contribution in [2.45, 2.75) is 13.8 Å². The Labute approximate surface area is 149 Å². The lowest BCUT2D eigenvalue weighted by molar-refractivity contribution is 0.628. The van der Waals surface area contributed by atoms with E-state index < -0.39 is 0 Å². The van der Waals surface area contributed by atoms with Gasteiger partial charge < -0.3 is 5.32 Å². The van der Waals surface area contributed by atoms with Gasteiger partial charge in [-0.1, -0.05) is 24.3 Å². The average Bonchev–Trinajstić information content (AvgIpc) is 3.05. The van der Waals surface area contributed by atoms with Gasteiger partial charge in [-0.05, 0) is 48.7 Å². The lowest BCUT2D eigenvalue weighted by Gasteiger charge is -2.12. The molecule has 0 aliphatic carbocycles. The van der Waals surface area contributed by atoms with E-state index in [1.54, 1.807) is 29.8 Å². The van der Waals surface area contributed by atoms with E-state index in [0.29, 0.717) is 0 Å². The highest BCUT2D eigenvalue weighted by Crippen LogP contribution is 2.37. The Morgan fingerprint density at radius 2 is 1.80 bits per heavy atom. The molecule has 5 heteroatoms. The highest BCUT2D eigenvalue weighted by molar-refractivity contribution is 7.17. The van der Waals surface area contributed by atoms with Crippen molar-refractivity contribution in [3.63, 3.8) is 0 Å². The van der Waals surface area contributed by atoms with Crippen LogP contribution in [0.25, 0.3) is 21.3 Å². The van der Waals surface area contributed by atoms with E-state index in [9.17, 15) is 4.39 Å². The number of aryl methyl sites for hydroxylation is 1. The number of nitrogens with one attached hydrogen (secondary N) is 1. The summed E-state index contributed by atoms with van der Waals surface area (Å²) in [5.41, 5.74) is 5.39. The van der Waals surface area contributed by atoms with Crippen molar-refractivity contribution >= 4 is 33.1 Å². The van der Waals surface area contributed by atoms with E-state index in [-0.39, 0.29) is 5.82 Å². The Bertz CT molecular complexity index is 1050. The number of halogens is 1. The summed E-state index contributed by atoms with van der Waals surface area (Å²) < 4.78 is 13.3. The summed E-state index contributed by atoms with van der Waals surface area (Å²) >= 11 is 1.56. The molecule has 0 unspecified atom stereocenters. The van der Waals surface area contributed by atoms with Crippen LogP contribution < -0.4 is 5.32 Å². The van der Waals surface area contributed by atoms with Gasteiger partial charge in [0.1, 0.15) is 22.8 Å². The quantitative estimate of drug-likeness (QED) is 0.503. The Kier molecular flexibility index (Phi) is 3.93. The molecule has 25 heavy (non-hydrogen) atoms. The third-order valence-electron chi connectivity index (χ3n) is 4.38. The minimum atomic E-state index is -0.242. The molecule has 0 saturated carbocycles. The number of rotatable bonds is 3. The average molecular weight is 349 g/mol. The predicted octanol–water partition coefficient (Wildman–Crippen LogP) is 5.86. The summed E-state index contributed by atoms with van der Waals surface area (Å²) in [5.74, 6) is 0.521. The maximum atomic E-state index is 13.3. The minimum absolute atomic E-state index is 0.242. The summed E-state index contributed by atoms with van der Waals surface area (Å²) in [5, 5.41) is 6.45. The molecule has 0 radical (unpaired) electrons. The molecule has 0 aliphatic rings. The molecule has 3 nitrogen and oxygen atoms in total. The number of hydrogen-bond acceptors (Lipinski definition) is 4. The molecule has 2 heterocycles. The van der Waals surface area contributed by atoms with Crippen LogP contribution >= 0.6 is 11.3 Å². The van der Waals surface area contributed by atoms with Gasteiger partial charge in [-0.2, -0.15) is 0 Å². The molecule has 0 aliphatic heterocycles. The van der Waals surface area contributed by atoms with Gasteiger partial charge in [0.25, 0.3) is 0 Å². The monoisotopic (exact) mass is 349 g/mol. The second kappa shape index (κ2) is 6.26. The van der Waals surface area contributed by atoms with Gasteiger partial charge >= 0.3 is 0 Å². The Balaban J connectivity index is 1.86. The van der Waals surface area contributed by atoms with Gasteiger partial charge in [-0.3, -0.25) is 0 Å². The molecule has 124 valence electrons. The second-order valence-corrected chi connectivity index (χ2v) is 6.79. The van der Waals surface area contributed by atoms with Crippen molar-refractivity contribution in [2.24, 2.45) is 0 Å². The standard InChI is InChI=1S/C20H16FN3S/c1-12-4-3-5-17(13(12)2)24-19-18-16(10-25-20(18)23-11-22-19)14-6-8-15(21)9-7-14/h3-11H,1-2H3,(H,22,23,24). The molecule has 2 aromatic carbocycles. The van der Waals surface area contributed by atoms with Crippen molar-refractivity contribution in [3.05, 3.63) is 71.1 Å². The van der Waals surface area contributed by atoms with Crippen molar-refractivity contribution in [3.8, 4) is 11.1 Å². The topological polar surface area (TPSA) is 37.8 Å². The molecule has 1 N–H and O–H groups in total. The molecule has 0 amide bonds. The van der Waals surface area contributed by atoms with Gasteiger partial charge in [-0.25, -0.2) is 14.4 Å². The predicted molar refractivity (Wildman–Crippen MR) is 102 cm³/mol. The Morgan fingerprint density at radius 1 is 1.00 bits per heavy atom. The first-order valence-corrected chi connectivity index (χ1v) is 8.83. The minimum Gasteiger partial charge on any atom is -0.339 e. The number of benzene rings is 2. The van der Waals surface area contributed by atoms with Gasteiger partial charge in [-0.15, -0.1) is 11.3 Å². The number of hydrogen-bond donors (Lipinski definition) is 1. The fourth-order valence-corrected chi connectivity index (χ4v) is 3.74. The summed E-state index contributed by atoms with van der Waals surface area (Å²) in [4.78, 5) is 9.74. The zero-order valence-corrected chi connectivity index (χ0v) is 14.7. The molecule has 4 rings (SSSR count). The summed E-state index contributed by atoms with van der Waals surface area (Å²) in [7, 11) is 0. The first kappa shape index (κ1) is 15.7. The zero-order valence-electron chi connectivity index (χ0n) is 13.9. The lowest BCUT2D eigenvalue weighted by atomic mass is 10.1. The van der Waals surface area contributed by atoms with Crippen molar-refractivity contribution in [1.29, 1.82) is 0 Å². The van der Waals surface area contributed by atoms with E-state index in [2.05, 4.69) is 35.2 Å². The molecule has 0 spiro atoms. The van der Waals surface area contributed by atoms with Crippen LogP contribution in [0, 0.1) is 19.7 Å². The van der Waals surface area contributed by atoms with E-state index in [1.165, 1.54) is 23.3 Å². The Hall–Kier alpha value is -2.79. The number of aromatic nitrogens is 2. The van der Waals surface area contributed by atoms with Crippen molar-refractivity contribution in [2.75, 3.05) is 5.32 Å². The van der Waals surface area contributed by atoms with Gasteiger partial charge in [0.05, 0.1) is 5.39 Å². The first-order chi connectivity index (χ1) is 12.1. The van der Waals surface area contributed by atoms with Gasteiger partial charge in [0.15, 0.2) is 0 Å². The lowest BCUT2D eigenvalue weighted by Crippen LogP contribution is -1.98. The zero-order chi connectivity index (χ0) is 17.4. The number of thiophene rings is 1. The highest BCUT2D eigenvalue weighted by Gasteiger charge is 2.14. The van der Waals surface area contributed by atoms with E-state index in [4.69, 9.17) is 0 Å². The number of nitrogens with zero attached hydrogens (tertiary/aromatic N) is 2. The number of fused-ring (bicyclic) bond motifs is 1. The van der Waals surface area contributed by atoms with E-state index >= 15 is 0 Å². The molecule has 0 saturated heterocycles. The molecule has 0 fully saturated rings. The van der Waals surface area contributed by atoms with Gasteiger partial charge in [0, 0.05) is 16.6 Å². The molecular weight excluding hydrogens is 333 g/mol. The summed E-state index contributed by atoms with van der Waals surface area (Å²) in [6, 6.07) is 12.7. The molecule has 4 aromatic rings. The summed E-state index contributed by atoms with van der Waals surface area (Å²) in [6.07, 6.45) is 1.57.